The lowest BCUT2D eigenvalue weighted by molar-refractivity contribution is -0.133. The minimum absolute atomic E-state index is 0.119. The van der Waals surface area contributed by atoms with Crippen LogP contribution in [0.15, 0.2) is 28.7 Å². The molecular formula is C18H21BrN4O3S. The topological polar surface area (TPSA) is 84.4 Å². The minimum Gasteiger partial charge on any atom is -0.383 e. The first-order valence-electron chi connectivity index (χ1n) is 8.74. The summed E-state index contributed by atoms with van der Waals surface area (Å²) in [6, 6.07) is 7.74. The smallest absolute Gasteiger partial charge is 0.227 e. The first-order valence-corrected chi connectivity index (χ1v) is 10.3. The van der Waals surface area contributed by atoms with Gasteiger partial charge in [-0.1, -0.05) is 39.4 Å². The molecule has 0 aliphatic heterocycles. The monoisotopic (exact) mass is 452 g/mol. The van der Waals surface area contributed by atoms with Gasteiger partial charge in [-0.25, -0.2) is 0 Å². The summed E-state index contributed by atoms with van der Waals surface area (Å²) < 4.78 is 6.05. The Bertz CT molecular complexity index is 792. The Morgan fingerprint density at radius 1 is 1.26 bits per heavy atom. The Labute approximate surface area is 170 Å². The number of nitrogens with zero attached hydrogens (tertiary/aromatic N) is 3. The predicted octanol–water partition coefficient (Wildman–Crippen LogP) is 3.18. The van der Waals surface area contributed by atoms with E-state index in [1.54, 1.807) is 12.0 Å². The number of rotatable bonds is 9. The first-order chi connectivity index (χ1) is 13.1. The van der Waals surface area contributed by atoms with Crippen molar-refractivity contribution in [2.75, 3.05) is 32.1 Å². The molecule has 1 heterocycles. The van der Waals surface area contributed by atoms with E-state index in [0.717, 1.165) is 27.9 Å². The van der Waals surface area contributed by atoms with Crippen LogP contribution in [0.1, 0.15) is 19.3 Å². The number of aromatic nitrogens is 2. The van der Waals surface area contributed by atoms with E-state index in [2.05, 4.69) is 31.4 Å². The highest BCUT2D eigenvalue weighted by Crippen LogP contribution is 2.31. The number of halogens is 1. The van der Waals surface area contributed by atoms with Crippen LogP contribution in [0.2, 0.25) is 0 Å². The van der Waals surface area contributed by atoms with E-state index in [1.807, 2.05) is 24.3 Å². The summed E-state index contributed by atoms with van der Waals surface area (Å²) >= 11 is 4.72. The Kier molecular flexibility index (Phi) is 6.92. The standard InChI is InChI=1S/C18H21BrN4O3S/c1-26-11-10-23(17(25)13-2-3-13)9-8-15(24)20-18-22-21-16(27-18)12-4-6-14(19)7-5-12/h4-7,13H,2-3,8-11H2,1H3,(H,20,22,24). The summed E-state index contributed by atoms with van der Waals surface area (Å²) in [5.74, 6) is 0.0642. The molecule has 0 bridgehead atoms. The molecule has 2 aromatic rings. The van der Waals surface area contributed by atoms with Crippen molar-refractivity contribution in [1.82, 2.24) is 15.1 Å². The summed E-state index contributed by atoms with van der Waals surface area (Å²) in [4.78, 5) is 26.2. The molecule has 1 N–H and O–H groups in total. The Morgan fingerprint density at radius 2 is 2.00 bits per heavy atom. The maximum atomic E-state index is 12.3. The zero-order valence-electron chi connectivity index (χ0n) is 15.0. The third kappa shape index (κ3) is 5.82. The van der Waals surface area contributed by atoms with Gasteiger partial charge >= 0.3 is 0 Å². The Morgan fingerprint density at radius 3 is 2.67 bits per heavy atom. The molecule has 7 nitrogen and oxygen atoms in total. The average Bonchev–Trinajstić information content (AvgIpc) is 3.42. The van der Waals surface area contributed by atoms with Gasteiger partial charge in [0.1, 0.15) is 5.01 Å². The van der Waals surface area contributed by atoms with Crippen molar-refractivity contribution in [3.05, 3.63) is 28.7 Å². The van der Waals surface area contributed by atoms with Gasteiger partial charge in [0.15, 0.2) is 0 Å². The normalized spacial score (nSPS) is 13.4. The van der Waals surface area contributed by atoms with Gasteiger partial charge in [0.25, 0.3) is 0 Å². The minimum atomic E-state index is -0.181. The van der Waals surface area contributed by atoms with Gasteiger partial charge in [0.2, 0.25) is 16.9 Å². The summed E-state index contributed by atoms with van der Waals surface area (Å²) in [5.41, 5.74) is 0.942. The fourth-order valence-corrected chi connectivity index (χ4v) is 3.55. The predicted molar refractivity (Wildman–Crippen MR) is 107 cm³/mol. The largest absolute Gasteiger partial charge is 0.383 e. The van der Waals surface area contributed by atoms with E-state index in [4.69, 9.17) is 4.74 Å². The third-order valence-corrected chi connectivity index (χ3v) is 5.59. The van der Waals surface area contributed by atoms with Crippen molar-refractivity contribution in [3.63, 3.8) is 0 Å². The van der Waals surface area contributed by atoms with Gasteiger partial charge in [-0.15, -0.1) is 10.2 Å². The Hall–Kier alpha value is -1.84. The number of hydrogen-bond acceptors (Lipinski definition) is 6. The molecule has 0 spiro atoms. The van der Waals surface area contributed by atoms with Gasteiger partial charge in [-0.3, -0.25) is 9.59 Å². The third-order valence-electron chi connectivity index (χ3n) is 4.17. The molecule has 27 heavy (non-hydrogen) atoms. The van der Waals surface area contributed by atoms with Gasteiger partial charge in [-0.2, -0.15) is 0 Å². The van der Waals surface area contributed by atoms with E-state index in [-0.39, 0.29) is 24.2 Å². The fraction of sp³-hybridized carbons (Fsp3) is 0.444. The molecule has 1 aliphatic rings. The maximum absolute atomic E-state index is 12.3. The number of ether oxygens (including phenoxy) is 1. The van der Waals surface area contributed by atoms with Crippen LogP contribution in [0.5, 0.6) is 0 Å². The van der Waals surface area contributed by atoms with Crippen LogP contribution < -0.4 is 5.32 Å². The van der Waals surface area contributed by atoms with E-state index in [1.165, 1.54) is 11.3 Å². The van der Waals surface area contributed by atoms with E-state index < -0.39 is 0 Å². The SMILES string of the molecule is COCCN(CCC(=O)Nc1nnc(-c2ccc(Br)cc2)s1)C(=O)C1CC1. The lowest BCUT2D eigenvalue weighted by atomic mass is 10.2. The lowest BCUT2D eigenvalue weighted by Gasteiger charge is -2.22. The second kappa shape index (κ2) is 9.38. The average molecular weight is 453 g/mol. The molecule has 1 aromatic heterocycles. The van der Waals surface area contributed by atoms with Crippen LogP contribution in [-0.2, 0) is 14.3 Å². The van der Waals surface area contributed by atoms with Gasteiger partial charge in [-0.05, 0) is 25.0 Å². The van der Waals surface area contributed by atoms with Crippen LogP contribution in [0.4, 0.5) is 5.13 Å². The number of carbonyl (C=O) groups is 2. The number of amides is 2. The molecular weight excluding hydrogens is 432 g/mol. The van der Waals surface area contributed by atoms with Crippen molar-refractivity contribution in [1.29, 1.82) is 0 Å². The Balaban J connectivity index is 1.52. The molecule has 0 saturated heterocycles. The highest BCUT2D eigenvalue weighted by atomic mass is 79.9. The summed E-state index contributed by atoms with van der Waals surface area (Å²) in [7, 11) is 1.60. The van der Waals surface area contributed by atoms with Crippen molar-refractivity contribution >= 4 is 44.2 Å². The molecule has 0 radical (unpaired) electrons. The molecule has 1 aliphatic carbocycles. The van der Waals surface area contributed by atoms with Crippen LogP contribution >= 0.6 is 27.3 Å². The molecule has 9 heteroatoms. The highest BCUT2D eigenvalue weighted by molar-refractivity contribution is 9.10. The van der Waals surface area contributed by atoms with Crippen molar-refractivity contribution in [2.24, 2.45) is 5.92 Å². The molecule has 1 aromatic carbocycles. The van der Waals surface area contributed by atoms with Crippen LogP contribution in [0.3, 0.4) is 0 Å². The molecule has 144 valence electrons. The molecule has 0 atom stereocenters. The maximum Gasteiger partial charge on any atom is 0.227 e. The highest BCUT2D eigenvalue weighted by Gasteiger charge is 2.33. The van der Waals surface area contributed by atoms with Crippen LogP contribution in [0.25, 0.3) is 10.6 Å². The number of nitrogens with one attached hydrogen (secondary N) is 1. The summed E-state index contributed by atoms with van der Waals surface area (Å²) in [6.07, 6.45) is 2.10. The van der Waals surface area contributed by atoms with Crippen molar-refractivity contribution in [3.8, 4) is 10.6 Å². The van der Waals surface area contributed by atoms with E-state index >= 15 is 0 Å². The van der Waals surface area contributed by atoms with E-state index in [0.29, 0.717) is 24.8 Å². The summed E-state index contributed by atoms with van der Waals surface area (Å²) in [6.45, 7) is 1.35. The lowest BCUT2D eigenvalue weighted by Crippen LogP contribution is -2.37. The first kappa shape index (κ1) is 19.9. The zero-order valence-corrected chi connectivity index (χ0v) is 17.4. The quantitative estimate of drug-likeness (QED) is 0.631. The summed E-state index contributed by atoms with van der Waals surface area (Å²) in [5, 5.41) is 12.1. The second-order valence-electron chi connectivity index (χ2n) is 6.31. The van der Waals surface area contributed by atoms with Crippen LogP contribution in [-0.4, -0.2) is 53.7 Å². The van der Waals surface area contributed by atoms with Gasteiger partial charge < -0.3 is 15.0 Å². The number of carbonyl (C=O) groups excluding carboxylic acids is 2. The molecule has 1 saturated carbocycles. The second-order valence-corrected chi connectivity index (χ2v) is 8.20. The molecule has 0 unspecified atom stereocenters. The fourth-order valence-electron chi connectivity index (χ4n) is 2.52. The van der Waals surface area contributed by atoms with Crippen LogP contribution in [0, 0.1) is 5.92 Å². The number of benzene rings is 1. The number of hydrogen-bond donors (Lipinski definition) is 1. The zero-order chi connectivity index (χ0) is 19.2. The molecule has 2 amide bonds. The molecule has 1 fully saturated rings. The van der Waals surface area contributed by atoms with Gasteiger partial charge in [0.05, 0.1) is 6.61 Å². The molecule has 3 rings (SSSR count). The number of anilines is 1. The van der Waals surface area contributed by atoms with E-state index in [9.17, 15) is 9.59 Å². The van der Waals surface area contributed by atoms with Gasteiger partial charge in [0, 0.05) is 42.6 Å². The van der Waals surface area contributed by atoms with Crippen molar-refractivity contribution in [2.45, 2.75) is 19.3 Å². The van der Waals surface area contributed by atoms with Crippen molar-refractivity contribution < 1.29 is 14.3 Å². The number of methoxy groups -OCH3 is 1.